The molecule has 4 rings (SSSR count). The van der Waals surface area contributed by atoms with Crippen molar-refractivity contribution in [1.82, 2.24) is 9.80 Å². The van der Waals surface area contributed by atoms with E-state index >= 15 is 0 Å². The molecule has 0 N–H and O–H groups in total. The van der Waals surface area contributed by atoms with Gasteiger partial charge in [0, 0.05) is 31.2 Å². The van der Waals surface area contributed by atoms with Crippen molar-refractivity contribution in [3.05, 3.63) is 69.8 Å². The lowest BCUT2D eigenvalue weighted by atomic mass is 10.0. The second kappa shape index (κ2) is 7.59. The van der Waals surface area contributed by atoms with Crippen molar-refractivity contribution in [1.29, 1.82) is 0 Å². The first-order chi connectivity index (χ1) is 13.5. The predicted molar refractivity (Wildman–Crippen MR) is 111 cm³/mol. The number of amides is 2. The molecule has 2 aliphatic rings. The summed E-state index contributed by atoms with van der Waals surface area (Å²) in [4.78, 5) is 32.2. The zero-order valence-corrected chi connectivity index (χ0v) is 16.9. The number of hydrogen-bond donors (Lipinski definition) is 0. The van der Waals surface area contributed by atoms with E-state index in [1.807, 2.05) is 11.9 Å². The van der Waals surface area contributed by atoms with Gasteiger partial charge in [0.2, 0.25) is 0 Å². The highest BCUT2D eigenvalue weighted by Gasteiger charge is 2.43. The van der Waals surface area contributed by atoms with E-state index in [-0.39, 0.29) is 11.8 Å². The fraction of sp³-hybridized carbons (Fsp3) is 0.238. The van der Waals surface area contributed by atoms with Crippen LogP contribution < -0.4 is 4.90 Å². The Labute approximate surface area is 173 Å². The maximum atomic E-state index is 13.4. The molecular weight excluding hydrogens is 397 g/mol. The quantitative estimate of drug-likeness (QED) is 0.719. The SMILES string of the molecule is CN1CCN(C2=C(c3ccc(Cl)cc3)C(=O)N(c3ccccc3Cl)C2=O)CC1. The molecule has 0 spiro atoms. The summed E-state index contributed by atoms with van der Waals surface area (Å²) in [7, 11) is 2.05. The first-order valence-corrected chi connectivity index (χ1v) is 9.80. The molecule has 1 fully saturated rings. The van der Waals surface area contributed by atoms with Gasteiger partial charge in [0.05, 0.1) is 16.3 Å². The molecule has 0 atom stereocenters. The van der Waals surface area contributed by atoms with Crippen molar-refractivity contribution in [2.75, 3.05) is 38.1 Å². The van der Waals surface area contributed by atoms with E-state index in [2.05, 4.69) is 4.90 Å². The molecule has 28 heavy (non-hydrogen) atoms. The molecular formula is C21H19Cl2N3O2. The average molecular weight is 416 g/mol. The molecule has 0 aliphatic carbocycles. The van der Waals surface area contributed by atoms with Crippen LogP contribution in [0.15, 0.2) is 54.2 Å². The molecule has 0 aromatic heterocycles. The fourth-order valence-electron chi connectivity index (χ4n) is 3.57. The fourth-order valence-corrected chi connectivity index (χ4v) is 3.92. The molecule has 144 valence electrons. The highest BCUT2D eigenvalue weighted by atomic mass is 35.5. The number of carbonyl (C=O) groups is 2. The Morgan fingerprint density at radius 1 is 0.821 bits per heavy atom. The van der Waals surface area contributed by atoms with Crippen LogP contribution in [-0.2, 0) is 9.59 Å². The summed E-state index contributed by atoms with van der Waals surface area (Å²) in [6, 6.07) is 13.9. The Hall–Kier alpha value is -2.34. The summed E-state index contributed by atoms with van der Waals surface area (Å²) < 4.78 is 0. The third kappa shape index (κ3) is 3.30. The standard InChI is InChI=1S/C21H19Cl2N3O2/c1-24-10-12-25(13-11-24)19-18(14-6-8-15(22)9-7-14)20(27)26(21(19)28)17-5-3-2-4-16(17)23/h2-9H,10-13H2,1H3. The average Bonchev–Trinajstić information content (AvgIpc) is 2.94. The van der Waals surface area contributed by atoms with E-state index in [4.69, 9.17) is 23.2 Å². The van der Waals surface area contributed by atoms with Crippen molar-refractivity contribution < 1.29 is 9.59 Å². The van der Waals surface area contributed by atoms with E-state index in [1.54, 1.807) is 48.5 Å². The van der Waals surface area contributed by atoms with Crippen LogP contribution in [0.3, 0.4) is 0 Å². The highest BCUT2D eigenvalue weighted by molar-refractivity contribution is 6.47. The topological polar surface area (TPSA) is 43.9 Å². The van der Waals surface area contributed by atoms with Crippen LogP contribution in [0.4, 0.5) is 5.69 Å². The monoisotopic (exact) mass is 415 g/mol. The minimum Gasteiger partial charge on any atom is -0.364 e. The van der Waals surface area contributed by atoms with Crippen molar-refractivity contribution in [2.24, 2.45) is 0 Å². The minimum absolute atomic E-state index is 0.340. The van der Waals surface area contributed by atoms with Crippen LogP contribution in [0.2, 0.25) is 10.0 Å². The number of imide groups is 1. The molecule has 0 radical (unpaired) electrons. The Kier molecular flexibility index (Phi) is 5.15. The van der Waals surface area contributed by atoms with Gasteiger partial charge in [-0.05, 0) is 36.9 Å². The van der Waals surface area contributed by atoms with Crippen LogP contribution in [0.5, 0.6) is 0 Å². The number of anilines is 1. The van der Waals surface area contributed by atoms with Gasteiger partial charge >= 0.3 is 0 Å². The maximum Gasteiger partial charge on any atom is 0.282 e. The molecule has 5 nitrogen and oxygen atoms in total. The largest absolute Gasteiger partial charge is 0.364 e. The van der Waals surface area contributed by atoms with Crippen molar-refractivity contribution in [2.45, 2.75) is 0 Å². The molecule has 7 heteroatoms. The van der Waals surface area contributed by atoms with Crippen LogP contribution >= 0.6 is 23.2 Å². The normalized spacial score (nSPS) is 18.4. The molecule has 2 aliphatic heterocycles. The van der Waals surface area contributed by atoms with Gasteiger partial charge in [-0.25, -0.2) is 4.90 Å². The molecule has 2 aromatic carbocycles. The zero-order chi connectivity index (χ0) is 19.8. The summed E-state index contributed by atoms with van der Waals surface area (Å²) in [6.45, 7) is 3.01. The second-order valence-corrected chi connectivity index (χ2v) is 7.76. The molecule has 2 aromatic rings. The third-order valence-corrected chi connectivity index (χ3v) is 5.68. The van der Waals surface area contributed by atoms with Gasteiger partial charge in [-0.1, -0.05) is 47.5 Å². The van der Waals surface area contributed by atoms with Crippen molar-refractivity contribution in [3.8, 4) is 0 Å². The number of halogens is 2. The van der Waals surface area contributed by atoms with E-state index in [1.165, 1.54) is 4.90 Å². The number of hydrogen-bond acceptors (Lipinski definition) is 4. The smallest absolute Gasteiger partial charge is 0.282 e. The first-order valence-electron chi connectivity index (χ1n) is 9.04. The summed E-state index contributed by atoms with van der Waals surface area (Å²) in [5.41, 5.74) is 1.90. The van der Waals surface area contributed by atoms with Gasteiger partial charge in [0.15, 0.2) is 0 Å². The molecule has 0 unspecified atom stereocenters. The van der Waals surface area contributed by atoms with Gasteiger partial charge in [-0.15, -0.1) is 0 Å². The minimum atomic E-state index is -0.366. The Morgan fingerprint density at radius 3 is 2.11 bits per heavy atom. The number of carbonyl (C=O) groups excluding carboxylic acids is 2. The zero-order valence-electron chi connectivity index (χ0n) is 15.4. The Balaban J connectivity index is 1.82. The van der Waals surface area contributed by atoms with E-state index in [9.17, 15) is 9.59 Å². The number of piperazine rings is 1. The number of para-hydroxylation sites is 1. The third-order valence-electron chi connectivity index (χ3n) is 5.11. The molecule has 0 bridgehead atoms. The first kappa shape index (κ1) is 19.0. The van der Waals surface area contributed by atoms with E-state index in [0.29, 0.717) is 45.7 Å². The lowest BCUT2D eigenvalue weighted by Crippen LogP contribution is -2.46. The van der Waals surface area contributed by atoms with Crippen molar-refractivity contribution >= 4 is 46.3 Å². The Bertz CT molecular complexity index is 964. The number of rotatable bonds is 3. The highest BCUT2D eigenvalue weighted by Crippen LogP contribution is 2.37. The van der Waals surface area contributed by atoms with E-state index in [0.717, 1.165) is 13.1 Å². The van der Waals surface area contributed by atoms with Gasteiger partial charge in [-0.2, -0.15) is 0 Å². The van der Waals surface area contributed by atoms with Gasteiger partial charge in [-0.3, -0.25) is 9.59 Å². The van der Waals surface area contributed by atoms with E-state index < -0.39 is 0 Å². The van der Waals surface area contributed by atoms with Crippen LogP contribution in [0.1, 0.15) is 5.56 Å². The lowest BCUT2D eigenvalue weighted by molar-refractivity contribution is -0.120. The maximum absolute atomic E-state index is 13.4. The summed E-state index contributed by atoms with van der Waals surface area (Å²) in [6.07, 6.45) is 0. The number of benzene rings is 2. The number of nitrogens with zero attached hydrogens (tertiary/aromatic N) is 3. The van der Waals surface area contributed by atoms with Crippen LogP contribution in [0.25, 0.3) is 5.57 Å². The molecule has 2 amide bonds. The number of likely N-dealkylation sites (N-methyl/N-ethyl adjacent to an activating group) is 1. The Morgan fingerprint density at radius 2 is 1.46 bits per heavy atom. The summed E-state index contributed by atoms with van der Waals surface area (Å²) in [5.74, 6) is -0.707. The molecule has 2 heterocycles. The second-order valence-electron chi connectivity index (χ2n) is 6.92. The van der Waals surface area contributed by atoms with Gasteiger partial charge < -0.3 is 9.80 Å². The molecule has 0 saturated carbocycles. The summed E-state index contributed by atoms with van der Waals surface area (Å²) in [5, 5.41) is 0.935. The molecule has 1 saturated heterocycles. The van der Waals surface area contributed by atoms with Crippen LogP contribution in [-0.4, -0.2) is 54.8 Å². The van der Waals surface area contributed by atoms with Crippen molar-refractivity contribution in [3.63, 3.8) is 0 Å². The predicted octanol–water partition coefficient (Wildman–Crippen LogP) is 3.53. The lowest BCUT2D eigenvalue weighted by Gasteiger charge is -2.34. The van der Waals surface area contributed by atoms with Gasteiger partial charge in [0.25, 0.3) is 11.8 Å². The summed E-state index contributed by atoms with van der Waals surface area (Å²) >= 11 is 12.3. The van der Waals surface area contributed by atoms with Gasteiger partial charge in [0.1, 0.15) is 5.70 Å². The van der Waals surface area contributed by atoms with Crippen LogP contribution in [0, 0.1) is 0 Å².